The van der Waals surface area contributed by atoms with Gasteiger partial charge in [0.05, 0.1) is 11.2 Å². The molecule has 0 radical (unpaired) electrons. The van der Waals surface area contributed by atoms with E-state index in [2.05, 4.69) is 63.6 Å². The van der Waals surface area contributed by atoms with Crippen LogP contribution in [-0.2, 0) is 13.1 Å². The monoisotopic (exact) mass is 366 g/mol. The van der Waals surface area contributed by atoms with Crippen LogP contribution in [0.15, 0.2) is 42.0 Å². The van der Waals surface area contributed by atoms with Crippen molar-refractivity contribution in [3.63, 3.8) is 0 Å². The zero-order chi connectivity index (χ0) is 17.9. The Hall–Kier alpha value is -1.98. The number of benzene rings is 1. The van der Waals surface area contributed by atoms with Crippen LogP contribution in [0.1, 0.15) is 29.1 Å². The summed E-state index contributed by atoms with van der Waals surface area (Å²) in [4.78, 5) is 13.1. The second-order valence-corrected chi connectivity index (χ2v) is 8.24. The number of aryl methyl sites for hydroxylation is 2. The van der Waals surface area contributed by atoms with E-state index in [1.165, 1.54) is 41.2 Å². The first kappa shape index (κ1) is 17.4. The average molecular weight is 367 g/mol. The largest absolute Gasteiger partial charge is 0.328 e. The van der Waals surface area contributed by atoms with E-state index in [0.717, 1.165) is 25.5 Å². The van der Waals surface area contributed by atoms with Crippen molar-refractivity contribution < 1.29 is 0 Å². The van der Waals surface area contributed by atoms with Crippen molar-refractivity contribution in [3.05, 3.63) is 58.3 Å². The lowest BCUT2D eigenvalue weighted by Gasteiger charge is -2.33. The molecule has 5 heteroatoms. The Bertz CT molecular complexity index is 852. The van der Waals surface area contributed by atoms with Crippen LogP contribution in [-0.4, -0.2) is 32.5 Å². The van der Waals surface area contributed by atoms with Gasteiger partial charge in [-0.3, -0.25) is 4.90 Å². The molecule has 0 spiro atoms. The number of hydrogen-bond acceptors (Lipinski definition) is 4. The van der Waals surface area contributed by atoms with Crippen molar-refractivity contribution >= 4 is 11.3 Å². The lowest BCUT2D eigenvalue weighted by atomic mass is 9.97. The maximum absolute atomic E-state index is 4.69. The number of piperidine rings is 1. The molecule has 1 saturated heterocycles. The number of likely N-dealkylation sites (tertiary alicyclic amines) is 1. The highest BCUT2D eigenvalue weighted by Crippen LogP contribution is 2.26. The maximum Gasteiger partial charge on any atom is 0.140 e. The third-order valence-electron chi connectivity index (χ3n) is 5.34. The molecular formula is C21H26N4S. The summed E-state index contributed by atoms with van der Waals surface area (Å²) in [5.41, 5.74) is 5.61. The first-order chi connectivity index (χ1) is 12.7. The van der Waals surface area contributed by atoms with Gasteiger partial charge in [-0.25, -0.2) is 9.97 Å². The normalized spacial score (nSPS) is 18.3. The van der Waals surface area contributed by atoms with Gasteiger partial charge in [0.25, 0.3) is 0 Å². The van der Waals surface area contributed by atoms with Crippen molar-refractivity contribution in [2.75, 3.05) is 13.1 Å². The zero-order valence-electron chi connectivity index (χ0n) is 15.6. The van der Waals surface area contributed by atoms with Gasteiger partial charge in [-0.2, -0.15) is 0 Å². The van der Waals surface area contributed by atoms with Crippen LogP contribution in [0.3, 0.4) is 0 Å². The number of hydrogen-bond donors (Lipinski definition) is 0. The van der Waals surface area contributed by atoms with Crippen LogP contribution < -0.4 is 0 Å². The molecule has 4 nitrogen and oxygen atoms in total. The maximum atomic E-state index is 4.69. The molecule has 1 unspecified atom stereocenters. The van der Waals surface area contributed by atoms with E-state index in [1.54, 1.807) is 11.3 Å². The van der Waals surface area contributed by atoms with E-state index in [1.807, 2.05) is 11.7 Å². The topological polar surface area (TPSA) is 34.0 Å². The number of thiazole rings is 1. The fourth-order valence-electron chi connectivity index (χ4n) is 3.89. The third kappa shape index (κ3) is 3.74. The molecule has 3 aromatic rings. The summed E-state index contributed by atoms with van der Waals surface area (Å²) in [6, 6.07) is 10.5. The molecule has 1 aliphatic rings. The minimum Gasteiger partial charge on any atom is -0.328 e. The molecule has 4 rings (SSSR count). The highest BCUT2D eigenvalue weighted by atomic mass is 32.1. The molecule has 1 aliphatic heterocycles. The molecule has 2 aromatic heterocycles. The molecule has 136 valence electrons. The number of imidazole rings is 1. The minimum absolute atomic E-state index is 0.673. The standard InChI is InChI=1S/C21H26N4S/c1-16-11-22-21(19-8-4-3-5-9-19)25(16)13-18-7-6-10-24(12-18)14-20-17(2)23-15-26-20/h3-5,8-9,11,15,18H,6-7,10,12-14H2,1-2H3. The predicted molar refractivity (Wildman–Crippen MR) is 107 cm³/mol. The fourth-order valence-corrected chi connectivity index (χ4v) is 4.71. The van der Waals surface area contributed by atoms with Gasteiger partial charge in [0.2, 0.25) is 0 Å². The number of aromatic nitrogens is 3. The van der Waals surface area contributed by atoms with Gasteiger partial charge in [-0.05, 0) is 39.2 Å². The summed E-state index contributed by atoms with van der Waals surface area (Å²) in [5.74, 6) is 1.77. The molecule has 0 saturated carbocycles. The number of rotatable bonds is 5. The Kier molecular flexibility index (Phi) is 5.18. The Morgan fingerprint density at radius 3 is 2.77 bits per heavy atom. The predicted octanol–water partition coefficient (Wildman–Crippen LogP) is 4.54. The fraction of sp³-hybridized carbons (Fsp3) is 0.429. The molecular weight excluding hydrogens is 340 g/mol. The van der Waals surface area contributed by atoms with Crippen LogP contribution >= 0.6 is 11.3 Å². The summed E-state index contributed by atoms with van der Waals surface area (Å²) in [6.07, 6.45) is 4.57. The lowest BCUT2D eigenvalue weighted by Crippen LogP contribution is -2.36. The Morgan fingerprint density at radius 2 is 2.00 bits per heavy atom. The van der Waals surface area contributed by atoms with Crippen LogP contribution in [0.2, 0.25) is 0 Å². The van der Waals surface area contributed by atoms with Crippen molar-refractivity contribution in [2.45, 2.75) is 39.8 Å². The van der Waals surface area contributed by atoms with E-state index < -0.39 is 0 Å². The molecule has 0 aliphatic carbocycles. The van der Waals surface area contributed by atoms with Crippen LogP contribution in [0.4, 0.5) is 0 Å². The van der Waals surface area contributed by atoms with Crippen molar-refractivity contribution in [1.82, 2.24) is 19.4 Å². The zero-order valence-corrected chi connectivity index (χ0v) is 16.4. The van der Waals surface area contributed by atoms with Crippen molar-refractivity contribution in [1.29, 1.82) is 0 Å². The van der Waals surface area contributed by atoms with Gasteiger partial charge in [0, 0.05) is 42.0 Å². The highest BCUT2D eigenvalue weighted by molar-refractivity contribution is 7.09. The summed E-state index contributed by atoms with van der Waals surface area (Å²) in [6.45, 7) is 8.73. The minimum atomic E-state index is 0.673. The SMILES string of the molecule is Cc1ncsc1CN1CCCC(Cn2c(C)cnc2-c2ccccc2)C1. The molecule has 0 N–H and O–H groups in total. The highest BCUT2D eigenvalue weighted by Gasteiger charge is 2.23. The molecule has 0 amide bonds. The van der Waals surface area contributed by atoms with Gasteiger partial charge in [-0.1, -0.05) is 30.3 Å². The van der Waals surface area contributed by atoms with Crippen LogP contribution in [0.25, 0.3) is 11.4 Å². The smallest absolute Gasteiger partial charge is 0.140 e. The van der Waals surface area contributed by atoms with Crippen molar-refractivity contribution in [3.8, 4) is 11.4 Å². The Labute approximate surface area is 159 Å². The van der Waals surface area contributed by atoms with Crippen molar-refractivity contribution in [2.24, 2.45) is 5.92 Å². The lowest BCUT2D eigenvalue weighted by molar-refractivity contribution is 0.157. The molecule has 0 bridgehead atoms. The number of nitrogens with zero attached hydrogens (tertiary/aromatic N) is 4. The first-order valence-electron chi connectivity index (χ1n) is 9.39. The van der Waals surface area contributed by atoms with Gasteiger partial charge in [0.1, 0.15) is 5.82 Å². The van der Waals surface area contributed by atoms with Gasteiger partial charge >= 0.3 is 0 Å². The molecule has 1 aromatic carbocycles. The molecule has 26 heavy (non-hydrogen) atoms. The molecule has 3 heterocycles. The molecule has 1 atom stereocenters. The van der Waals surface area contributed by atoms with E-state index >= 15 is 0 Å². The Morgan fingerprint density at radius 1 is 1.15 bits per heavy atom. The van der Waals surface area contributed by atoms with Gasteiger partial charge < -0.3 is 4.57 Å². The Balaban J connectivity index is 1.47. The van der Waals surface area contributed by atoms with E-state index in [0.29, 0.717) is 5.92 Å². The van der Waals surface area contributed by atoms with Gasteiger partial charge in [-0.15, -0.1) is 11.3 Å². The van der Waals surface area contributed by atoms with E-state index in [4.69, 9.17) is 0 Å². The quantitative estimate of drug-likeness (QED) is 0.665. The summed E-state index contributed by atoms with van der Waals surface area (Å²) >= 11 is 1.78. The second kappa shape index (κ2) is 7.72. The van der Waals surface area contributed by atoms with E-state index in [-0.39, 0.29) is 0 Å². The van der Waals surface area contributed by atoms with Gasteiger partial charge in [0.15, 0.2) is 0 Å². The average Bonchev–Trinajstić information content (AvgIpc) is 3.22. The second-order valence-electron chi connectivity index (χ2n) is 7.30. The van der Waals surface area contributed by atoms with Crippen LogP contribution in [0.5, 0.6) is 0 Å². The summed E-state index contributed by atoms with van der Waals surface area (Å²) in [7, 11) is 0. The molecule has 1 fully saturated rings. The first-order valence-corrected chi connectivity index (χ1v) is 10.3. The van der Waals surface area contributed by atoms with Crippen LogP contribution in [0, 0.1) is 19.8 Å². The summed E-state index contributed by atoms with van der Waals surface area (Å²) in [5, 5.41) is 0. The van der Waals surface area contributed by atoms with E-state index in [9.17, 15) is 0 Å². The summed E-state index contributed by atoms with van der Waals surface area (Å²) < 4.78 is 2.40. The third-order valence-corrected chi connectivity index (χ3v) is 6.26.